The maximum absolute atomic E-state index is 12.7. The van der Waals surface area contributed by atoms with E-state index in [0.29, 0.717) is 5.75 Å². The lowest BCUT2D eigenvalue weighted by atomic mass is 10.0. The number of halogens is 1. The molecule has 1 aliphatic rings. The topological polar surface area (TPSA) is 26.3 Å². The Balaban J connectivity index is 2.40. The van der Waals surface area contributed by atoms with Crippen molar-refractivity contribution < 1.29 is 13.9 Å². The molecule has 14 heavy (non-hydrogen) atoms. The van der Waals surface area contributed by atoms with Crippen molar-refractivity contribution >= 4 is 17.7 Å². The molecule has 2 nitrogen and oxygen atoms in total. The smallest absolute Gasteiger partial charge is 0.315 e. The Kier molecular flexibility index (Phi) is 4.20. The summed E-state index contributed by atoms with van der Waals surface area (Å²) in [6, 6.07) is 0. The highest BCUT2D eigenvalue weighted by Gasteiger charge is 2.18. The third-order valence-corrected chi connectivity index (χ3v) is 3.38. The van der Waals surface area contributed by atoms with E-state index in [2.05, 4.69) is 4.74 Å². The molecule has 0 saturated carbocycles. The summed E-state index contributed by atoms with van der Waals surface area (Å²) in [5.41, 5.74) is 0. The summed E-state index contributed by atoms with van der Waals surface area (Å²) in [5.74, 6) is -0.0154. The van der Waals surface area contributed by atoms with Crippen molar-refractivity contribution in [2.45, 2.75) is 12.2 Å². The van der Waals surface area contributed by atoms with Crippen molar-refractivity contribution in [1.82, 2.24) is 0 Å². The molecule has 4 heteroatoms. The molecule has 0 aromatic heterocycles. The number of allylic oxidation sites excluding steroid dienone is 3. The van der Waals surface area contributed by atoms with Gasteiger partial charge in [0.25, 0.3) is 0 Å². The van der Waals surface area contributed by atoms with Gasteiger partial charge in [0.15, 0.2) is 0 Å². The predicted molar refractivity (Wildman–Crippen MR) is 55.8 cm³/mol. The Morgan fingerprint density at radius 2 is 2.43 bits per heavy atom. The molecule has 1 aliphatic carbocycles. The van der Waals surface area contributed by atoms with E-state index in [9.17, 15) is 9.18 Å². The van der Waals surface area contributed by atoms with Crippen LogP contribution in [0.2, 0.25) is 0 Å². The van der Waals surface area contributed by atoms with Crippen LogP contribution in [-0.4, -0.2) is 24.1 Å². The quantitative estimate of drug-likeness (QED) is 0.677. The Morgan fingerprint density at radius 3 is 3.00 bits per heavy atom. The highest BCUT2D eigenvalue weighted by Crippen LogP contribution is 2.27. The average Bonchev–Trinajstić information content (AvgIpc) is 2.16. The SMILES string of the molecule is COC(=O)CSC1C=CC(F)=CC1C. The van der Waals surface area contributed by atoms with Crippen LogP contribution in [0.15, 0.2) is 24.1 Å². The first-order chi connectivity index (χ1) is 6.63. The lowest BCUT2D eigenvalue weighted by molar-refractivity contribution is -0.137. The molecule has 0 N–H and O–H groups in total. The Bertz CT molecular complexity index is 273. The number of esters is 1. The molecule has 1 rings (SSSR count). The van der Waals surface area contributed by atoms with Crippen LogP contribution in [0.1, 0.15) is 6.92 Å². The summed E-state index contributed by atoms with van der Waals surface area (Å²) in [6.07, 6.45) is 4.79. The van der Waals surface area contributed by atoms with Crippen LogP contribution >= 0.6 is 11.8 Å². The normalized spacial score (nSPS) is 25.8. The Labute approximate surface area is 87.2 Å². The van der Waals surface area contributed by atoms with Gasteiger partial charge in [-0.2, -0.15) is 0 Å². The largest absolute Gasteiger partial charge is 0.468 e. The van der Waals surface area contributed by atoms with Crippen molar-refractivity contribution in [1.29, 1.82) is 0 Å². The van der Waals surface area contributed by atoms with E-state index < -0.39 is 0 Å². The summed E-state index contributed by atoms with van der Waals surface area (Å²) in [7, 11) is 1.36. The van der Waals surface area contributed by atoms with Gasteiger partial charge in [-0.15, -0.1) is 11.8 Å². The molecule has 2 unspecified atom stereocenters. The van der Waals surface area contributed by atoms with E-state index in [0.717, 1.165) is 0 Å². The molecule has 0 radical (unpaired) electrons. The second-order valence-corrected chi connectivity index (χ2v) is 4.29. The molecule has 0 fully saturated rings. The van der Waals surface area contributed by atoms with Crippen LogP contribution in [0.3, 0.4) is 0 Å². The fourth-order valence-electron chi connectivity index (χ4n) is 1.19. The van der Waals surface area contributed by atoms with Crippen molar-refractivity contribution in [3.8, 4) is 0 Å². The molecule has 0 saturated heterocycles. The lowest BCUT2D eigenvalue weighted by Crippen LogP contribution is -2.16. The molecule has 0 aromatic rings. The van der Waals surface area contributed by atoms with Crippen LogP contribution in [0.4, 0.5) is 4.39 Å². The highest BCUT2D eigenvalue weighted by molar-refractivity contribution is 8.00. The second-order valence-electron chi connectivity index (χ2n) is 3.12. The minimum Gasteiger partial charge on any atom is -0.468 e. The zero-order valence-electron chi connectivity index (χ0n) is 8.20. The zero-order valence-corrected chi connectivity index (χ0v) is 9.01. The molecule has 0 aliphatic heterocycles. The van der Waals surface area contributed by atoms with Gasteiger partial charge in [0.05, 0.1) is 12.9 Å². The summed E-state index contributed by atoms with van der Waals surface area (Å²) < 4.78 is 17.3. The first-order valence-electron chi connectivity index (χ1n) is 4.37. The molecule has 78 valence electrons. The third-order valence-electron chi connectivity index (χ3n) is 2.01. The molecule has 2 atom stereocenters. The lowest BCUT2D eigenvalue weighted by Gasteiger charge is -2.19. The summed E-state index contributed by atoms with van der Waals surface area (Å²) in [4.78, 5) is 10.9. The van der Waals surface area contributed by atoms with Crippen LogP contribution in [-0.2, 0) is 9.53 Å². The number of hydrogen-bond donors (Lipinski definition) is 0. The van der Waals surface area contributed by atoms with E-state index >= 15 is 0 Å². The van der Waals surface area contributed by atoms with Crippen LogP contribution in [0.5, 0.6) is 0 Å². The van der Waals surface area contributed by atoms with E-state index in [-0.39, 0.29) is 23.0 Å². The molecule has 0 heterocycles. The molecule has 0 amide bonds. The van der Waals surface area contributed by atoms with Crippen molar-refractivity contribution in [3.05, 3.63) is 24.1 Å². The van der Waals surface area contributed by atoms with Gasteiger partial charge in [-0.25, -0.2) is 4.39 Å². The Hall–Kier alpha value is -0.770. The van der Waals surface area contributed by atoms with Gasteiger partial charge in [0.2, 0.25) is 0 Å². The fourth-order valence-corrected chi connectivity index (χ4v) is 2.21. The van der Waals surface area contributed by atoms with Crippen molar-refractivity contribution in [2.24, 2.45) is 5.92 Å². The van der Waals surface area contributed by atoms with Gasteiger partial charge in [-0.05, 0) is 18.1 Å². The fraction of sp³-hybridized carbons (Fsp3) is 0.500. The van der Waals surface area contributed by atoms with Crippen LogP contribution < -0.4 is 0 Å². The van der Waals surface area contributed by atoms with Crippen LogP contribution in [0.25, 0.3) is 0 Å². The van der Waals surface area contributed by atoms with Gasteiger partial charge in [0.1, 0.15) is 5.83 Å². The maximum atomic E-state index is 12.7. The number of ether oxygens (including phenoxy) is 1. The number of carbonyl (C=O) groups excluding carboxylic acids is 1. The van der Waals surface area contributed by atoms with E-state index in [1.165, 1.54) is 24.9 Å². The average molecular weight is 216 g/mol. The second kappa shape index (κ2) is 5.20. The van der Waals surface area contributed by atoms with Gasteiger partial charge in [-0.1, -0.05) is 13.0 Å². The Morgan fingerprint density at radius 1 is 1.71 bits per heavy atom. The first kappa shape index (κ1) is 11.3. The molecular formula is C10H13FO2S. The number of hydrogen-bond acceptors (Lipinski definition) is 3. The first-order valence-corrected chi connectivity index (χ1v) is 5.42. The number of thioether (sulfide) groups is 1. The maximum Gasteiger partial charge on any atom is 0.315 e. The monoisotopic (exact) mass is 216 g/mol. The summed E-state index contributed by atoms with van der Waals surface area (Å²) >= 11 is 1.47. The highest BCUT2D eigenvalue weighted by atomic mass is 32.2. The minimum absolute atomic E-state index is 0.120. The number of methoxy groups -OCH3 is 1. The predicted octanol–water partition coefficient (Wildman–Crippen LogP) is 2.32. The molecule has 0 aromatic carbocycles. The molecule has 0 spiro atoms. The van der Waals surface area contributed by atoms with E-state index in [1.54, 1.807) is 12.2 Å². The van der Waals surface area contributed by atoms with Crippen LogP contribution in [0, 0.1) is 5.92 Å². The number of carbonyl (C=O) groups is 1. The zero-order chi connectivity index (χ0) is 10.6. The van der Waals surface area contributed by atoms with E-state index in [4.69, 9.17) is 0 Å². The van der Waals surface area contributed by atoms with Gasteiger partial charge < -0.3 is 4.74 Å². The van der Waals surface area contributed by atoms with Crippen molar-refractivity contribution in [2.75, 3.05) is 12.9 Å². The van der Waals surface area contributed by atoms with E-state index in [1.807, 2.05) is 6.92 Å². The van der Waals surface area contributed by atoms with Gasteiger partial charge in [-0.3, -0.25) is 4.79 Å². The molecular weight excluding hydrogens is 203 g/mol. The third kappa shape index (κ3) is 3.18. The van der Waals surface area contributed by atoms with Crippen molar-refractivity contribution in [3.63, 3.8) is 0 Å². The van der Waals surface area contributed by atoms with Gasteiger partial charge in [0, 0.05) is 5.25 Å². The number of rotatable bonds is 3. The molecule has 0 bridgehead atoms. The van der Waals surface area contributed by atoms with Gasteiger partial charge >= 0.3 is 5.97 Å². The summed E-state index contributed by atoms with van der Waals surface area (Å²) in [6.45, 7) is 1.93. The summed E-state index contributed by atoms with van der Waals surface area (Å²) in [5, 5.41) is 0.161. The minimum atomic E-state index is -0.245. The standard InChI is InChI=1S/C10H13FO2S/c1-7-5-8(11)3-4-9(7)14-6-10(12)13-2/h3-5,7,9H,6H2,1-2H3.